The quantitative estimate of drug-likeness (QED) is 0.834. The van der Waals surface area contributed by atoms with Crippen molar-refractivity contribution < 1.29 is 4.79 Å². The Hall–Kier alpha value is -1.06. The summed E-state index contributed by atoms with van der Waals surface area (Å²) >= 11 is 6.13. The number of carbonyl (C=O) groups excluding carboxylic acids is 1. The molecule has 0 saturated heterocycles. The van der Waals surface area contributed by atoms with E-state index >= 15 is 0 Å². The molecule has 1 N–H and O–H groups in total. The van der Waals surface area contributed by atoms with E-state index in [2.05, 4.69) is 19.2 Å². The van der Waals surface area contributed by atoms with Crippen molar-refractivity contribution in [2.75, 3.05) is 13.1 Å². The SMILES string of the molecule is CCN(Cc1ccccc1Cl)C(=O)CCNC(C)C. The van der Waals surface area contributed by atoms with Gasteiger partial charge >= 0.3 is 0 Å². The second kappa shape index (κ2) is 8.18. The third-order valence-electron chi connectivity index (χ3n) is 2.94. The second-order valence-corrected chi connectivity index (χ2v) is 5.27. The lowest BCUT2D eigenvalue weighted by atomic mass is 10.2. The van der Waals surface area contributed by atoms with Crippen LogP contribution < -0.4 is 5.32 Å². The molecule has 0 aromatic heterocycles. The van der Waals surface area contributed by atoms with Crippen LogP contribution >= 0.6 is 11.6 Å². The van der Waals surface area contributed by atoms with E-state index in [-0.39, 0.29) is 5.91 Å². The summed E-state index contributed by atoms with van der Waals surface area (Å²) in [4.78, 5) is 14.0. The molecule has 1 amide bonds. The molecule has 0 atom stereocenters. The number of rotatable bonds is 7. The minimum Gasteiger partial charge on any atom is -0.339 e. The summed E-state index contributed by atoms with van der Waals surface area (Å²) in [5, 5.41) is 3.97. The average Bonchev–Trinajstić information content (AvgIpc) is 2.37. The summed E-state index contributed by atoms with van der Waals surface area (Å²) in [7, 11) is 0. The average molecular weight is 283 g/mol. The van der Waals surface area contributed by atoms with Crippen molar-refractivity contribution in [2.45, 2.75) is 39.8 Å². The van der Waals surface area contributed by atoms with Crippen LogP contribution in [-0.2, 0) is 11.3 Å². The minimum absolute atomic E-state index is 0.163. The van der Waals surface area contributed by atoms with E-state index in [1.54, 1.807) is 0 Å². The van der Waals surface area contributed by atoms with Gasteiger partial charge in [-0.1, -0.05) is 43.6 Å². The lowest BCUT2D eigenvalue weighted by molar-refractivity contribution is -0.131. The maximum absolute atomic E-state index is 12.1. The molecule has 0 fully saturated rings. The number of nitrogens with one attached hydrogen (secondary N) is 1. The summed E-state index contributed by atoms with van der Waals surface area (Å²) in [6.07, 6.45) is 0.524. The third-order valence-corrected chi connectivity index (χ3v) is 3.31. The van der Waals surface area contributed by atoms with Crippen LogP contribution in [0.3, 0.4) is 0 Å². The molecule has 0 radical (unpaired) electrons. The zero-order valence-electron chi connectivity index (χ0n) is 11.9. The van der Waals surface area contributed by atoms with Gasteiger partial charge in [0.15, 0.2) is 0 Å². The van der Waals surface area contributed by atoms with Crippen LogP contribution in [0.4, 0.5) is 0 Å². The van der Waals surface area contributed by atoms with Gasteiger partial charge in [-0.3, -0.25) is 4.79 Å². The number of benzene rings is 1. The molecule has 0 bridgehead atoms. The first-order valence-corrected chi connectivity index (χ1v) is 7.17. The van der Waals surface area contributed by atoms with Crippen molar-refractivity contribution in [1.82, 2.24) is 10.2 Å². The fourth-order valence-electron chi connectivity index (χ4n) is 1.83. The van der Waals surface area contributed by atoms with E-state index in [1.165, 1.54) is 0 Å². The van der Waals surface area contributed by atoms with Gasteiger partial charge in [-0.15, -0.1) is 0 Å². The molecule has 1 rings (SSSR count). The number of amides is 1. The summed E-state index contributed by atoms with van der Waals surface area (Å²) in [6, 6.07) is 8.07. The Bertz CT molecular complexity index is 407. The Kier molecular flexibility index (Phi) is 6.89. The van der Waals surface area contributed by atoms with Crippen LogP contribution in [0.5, 0.6) is 0 Å². The summed E-state index contributed by atoms with van der Waals surface area (Å²) in [6.45, 7) is 8.14. The lowest BCUT2D eigenvalue weighted by Crippen LogP contribution is -2.34. The van der Waals surface area contributed by atoms with Crippen LogP contribution in [0.15, 0.2) is 24.3 Å². The van der Waals surface area contributed by atoms with Gasteiger partial charge < -0.3 is 10.2 Å². The van der Waals surface area contributed by atoms with Crippen LogP contribution in [0.25, 0.3) is 0 Å². The molecule has 0 heterocycles. The van der Waals surface area contributed by atoms with Crippen LogP contribution in [-0.4, -0.2) is 29.9 Å². The Morgan fingerprint density at radius 3 is 2.63 bits per heavy atom. The Balaban J connectivity index is 2.53. The van der Waals surface area contributed by atoms with Crippen molar-refractivity contribution in [3.8, 4) is 0 Å². The number of carbonyl (C=O) groups is 1. The molecule has 1 aromatic rings. The summed E-state index contributed by atoms with van der Waals surface area (Å²) in [5.41, 5.74) is 0.996. The fraction of sp³-hybridized carbons (Fsp3) is 0.533. The van der Waals surface area contributed by atoms with Gasteiger partial charge in [0.05, 0.1) is 0 Å². The van der Waals surface area contributed by atoms with Gasteiger partial charge in [0, 0.05) is 37.1 Å². The fourth-order valence-corrected chi connectivity index (χ4v) is 2.03. The number of nitrogens with zero attached hydrogens (tertiary/aromatic N) is 1. The molecule has 0 aliphatic carbocycles. The Labute approximate surface area is 120 Å². The highest BCUT2D eigenvalue weighted by molar-refractivity contribution is 6.31. The molecule has 19 heavy (non-hydrogen) atoms. The molecule has 0 aliphatic heterocycles. The first-order chi connectivity index (χ1) is 9.04. The van der Waals surface area contributed by atoms with E-state index in [1.807, 2.05) is 36.1 Å². The zero-order valence-corrected chi connectivity index (χ0v) is 12.7. The molecule has 0 saturated carbocycles. The molecule has 106 valence electrons. The predicted molar refractivity (Wildman–Crippen MR) is 80.3 cm³/mol. The molecule has 3 nitrogen and oxygen atoms in total. The van der Waals surface area contributed by atoms with Crippen LogP contribution in [0, 0.1) is 0 Å². The topological polar surface area (TPSA) is 32.3 Å². The van der Waals surface area contributed by atoms with Crippen molar-refractivity contribution >= 4 is 17.5 Å². The Morgan fingerprint density at radius 2 is 2.05 bits per heavy atom. The van der Waals surface area contributed by atoms with Crippen molar-refractivity contribution in [3.63, 3.8) is 0 Å². The smallest absolute Gasteiger partial charge is 0.224 e. The minimum atomic E-state index is 0.163. The van der Waals surface area contributed by atoms with Crippen molar-refractivity contribution in [2.24, 2.45) is 0 Å². The van der Waals surface area contributed by atoms with Gasteiger partial charge in [-0.05, 0) is 18.6 Å². The van der Waals surface area contributed by atoms with E-state index in [0.29, 0.717) is 30.6 Å². The molecule has 0 unspecified atom stereocenters. The van der Waals surface area contributed by atoms with Gasteiger partial charge in [-0.25, -0.2) is 0 Å². The molecular formula is C15H23ClN2O. The standard InChI is InChI=1S/C15H23ClN2O/c1-4-18(15(19)9-10-17-12(2)3)11-13-7-5-6-8-14(13)16/h5-8,12,17H,4,9-11H2,1-3H3. The van der Waals surface area contributed by atoms with Crippen molar-refractivity contribution in [1.29, 1.82) is 0 Å². The first-order valence-electron chi connectivity index (χ1n) is 6.79. The highest BCUT2D eigenvalue weighted by Crippen LogP contribution is 2.17. The third kappa shape index (κ3) is 5.62. The summed E-state index contributed by atoms with van der Waals surface area (Å²) < 4.78 is 0. The molecule has 1 aromatic carbocycles. The maximum Gasteiger partial charge on any atom is 0.224 e. The lowest BCUT2D eigenvalue weighted by Gasteiger charge is -2.22. The van der Waals surface area contributed by atoms with E-state index in [9.17, 15) is 4.79 Å². The molecule has 0 spiro atoms. The maximum atomic E-state index is 12.1. The van der Waals surface area contributed by atoms with Crippen LogP contribution in [0.1, 0.15) is 32.8 Å². The van der Waals surface area contributed by atoms with Gasteiger partial charge in [-0.2, -0.15) is 0 Å². The van der Waals surface area contributed by atoms with Gasteiger partial charge in [0.1, 0.15) is 0 Å². The largest absolute Gasteiger partial charge is 0.339 e. The highest BCUT2D eigenvalue weighted by atomic mass is 35.5. The van der Waals surface area contributed by atoms with E-state index in [4.69, 9.17) is 11.6 Å². The summed E-state index contributed by atoms with van der Waals surface area (Å²) in [5.74, 6) is 0.163. The van der Waals surface area contributed by atoms with E-state index < -0.39 is 0 Å². The van der Waals surface area contributed by atoms with E-state index in [0.717, 1.165) is 12.1 Å². The second-order valence-electron chi connectivity index (χ2n) is 4.86. The monoisotopic (exact) mass is 282 g/mol. The number of hydrogen-bond donors (Lipinski definition) is 1. The predicted octanol–water partition coefficient (Wildman–Crippen LogP) is 3.08. The molecular weight excluding hydrogens is 260 g/mol. The first kappa shape index (κ1) is 16.0. The Morgan fingerprint density at radius 1 is 1.37 bits per heavy atom. The highest BCUT2D eigenvalue weighted by Gasteiger charge is 2.13. The number of hydrogen-bond acceptors (Lipinski definition) is 2. The molecule has 4 heteroatoms. The number of halogens is 1. The van der Waals surface area contributed by atoms with Crippen LogP contribution in [0.2, 0.25) is 5.02 Å². The van der Waals surface area contributed by atoms with Gasteiger partial charge in [0.25, 0.3) is 0 Å². The van der Waals surface area contributed by atoms with Gasteiger partial charge in [0.2, 0.25) is 5.91 Å². The van der Waals surface area contributed by atoms with Crippen molar-refractivity contribution in [3.05, 3.63) is 34.9 Å². The normalized spacial score (nSPS) is 10.8. The molecule has 0 aliphatic rings. The zero-order chi connectivity index (χ0) is 14.3.